The number of amides is 4. The number of rotatable bonds is 8. The van der Waals surface area contributed by atoms with E-state index in [1.165, 1.54) is 24.8 Å². The number of benzene rings is 2. The van der Waals surface area contributed by atoms with Crippen LogP contribution in [0.25, 0.3) is 0 Å². The highest BCUT2D eigenvalue weighted by Gasteiger charge is 2.28. The summed E-state index contributed by atoms with van der Waals surface area (Å²) >= 11 is 0. The van der Waals surface area contributed by atoms with Crippen molar-refractivity contribution in [1.82, 2.24) is 10.2 Å². The third-order valence-corrected chi connectivity index (χ3v) is 4.77. The number of aryl methyl sites for hydroxylation is 1. The molecule has 0 aromatic heterocycles. The average Bonchev–Trinajstić information content (AvgIpc) is 3.02. The van der Waals surface area contributed by atoms with Crippen molar-refractivity contribution in [3.63, 3.8) is 0 Å². The van der Waals surface area contributed by atoms with E-state index in [0.717, 1.165) is 22.6 Å². The van der Waals surface area contributed by atoms with Gasteiger partial charge < -0.3 is 10.6 Å². The molecule has 1 aliphatic rings. The van der Waals surface area contributed by atoms with Gasteiger partial charge in [-0.3, -0.25) is 14.5 Å². The molecule has 0 spiro atoms. The molecule has 1 aliphatic heterocycles. The van der Waals surface area contributed by atoms with E-state index < -0.39 is 0 Å². The van der Waals surface area contributed by atoms with Crippen LogP contribution in [0, 0.1) is 0 Å². The van der Waals surface area contributed by atoms with Gasteiger partial charge in [0.2, 0.25) is 5.91 Å². The predicted octanol–water partition coefficient (Wildman–Crippen LogP) is 3.72. The Hall–Kier alpha value is -3.15. The number of imide groups is 1. The fourth-order valence-electron chi connectivity index (χ4n) is 3.10. The van der Waals surface area contributed by atoms with Crippen molar-refractivity contribution in [3.05, 3.63) is 65.2 Å². The minimum absolute atomic E-state index is 0.0384. The predicted molar refractivity (Wildman–Crippen MR) is 108 cm³/mol. The topological polar surface area (TPSA) is 78.5 Å². The SMILES string of the molecule is CCCCCc1ccc(NC(=O)c2ccc(CN3C(=O)CNC3=O)cc2)cc1. The molecule has 3 rings (SSSR count). The number of carbonyl (C=O) groups is 3. The van der Waals surface area contributed by atoms with Gasteiger partial charge in [-0.15, -0.1) is 0 Å². The number of nitrogens with zero attached hydrogens (tertiary/aromatic N) is 1. The summed E-state index contributed by atoms with van der Waals surface area (Å²) in [7, 11) is 0. The third kappa shape index (κ3) is 4.97. The van der Waals surface area contributed by atoms with Gasteiger partial charge in [0.05, 0.1) is 13.1 Å². The Labute approximate surface area is 164 Å². The van der Waals surface area contributed by atoms with Crippen LogP contribution < -0.4 is 10.6 Å². The number of urea groups is 1. The summed E-state index contributed by atoms with van der Waals surface area (Å²) in [5.41, 5.74) is 3.34. The molecule has 6 heteroatoms. The van der Waals surface area contributed by atoms with Crippen molar-refractivity contribution < 1.29 is 14.4 Å². The van der Waals surface area contributed by atoms with Crippen LogP contribution in [0.4, 0.5) is 10.5 Å². The number of nitrogens with one attached hydrogen (secondary N) is 2. The van der Waals surface area contributed by atoms with Crippen molar-refractivity contribution >= 4 is 23.5 Å². The first-order valence-electron chi connectivity index (χ1n) is 9.64. The van der Waals surface area contributed by atoms with Gasteiger partial charge in [0.25, 0.3) is 5.91 Å². The first-order valence-corrected chi connectivity index (χ1v) is 9.64. The Morgan fingerprint density at radius 2 is 1.68 bits per heavy atom. The molecule has 0 saturated carbocycles. The lowest BCUT2D eigenvalue weighted by molar-refractivity contribution is -0.125. The Kier molecular flexibility index (Phi) is 6.42. The molecule has 1 fully saturated rings. The molecule has 2 N–H and O–H groups in total. The van der Waals surface area contributed by atoms with E-state index in [0.29, 0.717) is 5.56 Å². The van der Waals surface area contributed by atoms with Crippen LogP contribution in [0.3, 0.4) is 0 Å². The van der Waals surface area contributed by atoms with Crippen LogP contribution in [0.15, 0.2) is 48.5 Å². The van der Waals surface area contributed by atoms with Crippen molar-refractivity contribution in [2.45, 2.75) is 39.2 Å². The van der Waals surface area contributed by atoms with E-state index in [1.807, 2.05) is 24.3 Å². The van der Waals surface area contributed by atoms with Gasteiger partial charge in [-0.1, -0.05) is 44.0 Å². The standard InChI is InChI=1S/C22H25N3O3/c1-2-3-4-5-16-8-12-19(13-9-16)24-21(27)18-10-6-17(7-11-18)15-25-20(26)14-23-22(25)28/h6-13H,2-5,14-15H2,1H3,(H,23,28)(H,24,27). The Bertz CT molecular complexity index is 828. The highest BCUT2D eigenvalue weighted by molar-refractivity contribution is 6.04. The average molecular weight is 379 g/mol. The maximum Gasteiger partial charge on any atom is 0.324 e. The summed E-state index contributed by atoms with van der Waals surface area (Å²) in [6.07, 6.45) is 4.67. The van der Waals surface area contributed by atoms with Gasteiger partial charge in [0.1, 0.15) is 0 Å². The summed E-state index contributed by atoms with van der Waals surface area (Å²) in [5.74, 6) is -0.440. The van der Waals surface area contributed by atoms with Crippen LogP contribution in [-0.4, -0.2) is 29.3 Å². The van der Waals surface area contributed by atoms with Gasteiger partial charge >= 0.3 is 6.03 Å². The van der Waals surface area contributed by atoms with Crippen LogP contribution in [-0.2, 0) is 17.8 Å². The summed E-state index contributed by atoms with van der Waals surface area (Å²) in [6, 6.07) is 14.5. The van der Waals surface area contributed by atoms with E-state index in [1.54, 1.807) is 24.3 Å². The monoisotopic (exact) mass is 379 g/mol. The lowest BCUT2D eigenvalue weighted by atomic mass is 10.1. The zero-order valence-corrected chi connectivity index (χ0v) is 16.0. The zero-order chi connectivity index (χ0) is 19.9. The number of hydrogen-bond donors (Lipinski definition) is 2. The molecule has 0 atom stereocenters. The number of unbranched alkanes of at least 4 members (excludes halogenated alkanes) is 2. The molecule has 0 unspecified atom stereocenters. The van der Waals surface area contributed by atoms with E-state index >= 15 is 0 Å². The fourth-order valence-corrected chi connectivity index (χ4v) is 3.10. The molecule has 2 aromatic rings. The third-order valence-electron chi connectivity index (χ3n) is 4.77. The lowest BCUT2D eigenvalue weighted by Gasteiger charge is -2.12. The second kappa shape index (κ2) is 9.17. The molecule has 0 radical (unpaired) electrons. The summed E-state index contributed by atoms with van der Waals surface area (Å²) in [5, 5.41) is 5.38. The highest BCUT2D eigenvalue weighted by atomic mass is 16.2. The van der Waals surface area contributed by atoms with E-state index in [2.05, 4.69) is 17.6 Å². The molecule has 6 nitrogen and oxygen atoms in total. The van der Waals surface area contributed by atoms with Gasteiger partial charge in [0.15, 0.2) is 0 Å². The summed E-state index contributed by atoms with van der Waals surface area (Å²) < 4.78 is 0. The van der Waals surface area contributed by atoms with Crippen molar-refractivity contribution in [2.75, 3.05) is 11.9 Å². The quantitative estimate of drug-likeness (QED) is 0.542. The number of anilines is 1. The second-order valence-electron chi connectivity index (χ2n) is 6.94. The van der Waals surface area contributed by atoms with Gasteiger partial charge in [-0.2, -0.15) is 0 Å². The molecule has 1 saturated heterocycles. The summed E-state index contributed by atoms with van der Waals surface area (Å²) in [6.45, 7) is 2.43. The van der Waals surface area contributed by atoms with Crippen molar-refractivity contribution in [2.24, 2.45) is 0 Å². The molecular weight excluding hydrogens is 354 g/mol. The Morgan fingerprint density at radius 3 is 2.29 bits per heavy atom. The van der Waals surface area contributed by atoms with E-state index in [4.69, 9.17) is 0 Å². The zero-order valence-electron chi connectivity index (χ0n) is 16.0. The van der Waals surface area contributed by atoms with Crippen LogP contribution in [0.2, 0.25) is 0 Å². The molecular formula is C22H25N3O3. The first-order chi connectivity index (χ1) is 13.6. The molecule has 4 amide bonds. The smallest absolute Gasteiger partial charge is 0.324 e. The molecule has 0 aliphatic carbocycles. The van der Waals surface area contributed by atoms with Gasteiger partial charge in [-0.25, -0.2) is 4.79 Å². The second-order valence-corrected chi connectivity index (χ2v) is 6.94. The van der Waals surface area contributed by atoms with Crippen LogP contribution >= 0.6 is 0 Å². The van der Waals surface area contributed by atoms with Gasteiger partial charge in [0, 0.05) is 11.3 Å². The minimum Gasteiger partial charge on any atom is -0.329 e. The molecule has 2 aromatic carbocycles. The number of carbonyl (C=O) groups excluding carboxylic acids is 3. The molecule has 28 heavy (non-hydrogen) atoms. The Balaban J connectivity index is 1.55. The lowest BCUT2D eigenvalue weighted by Crippen LogP contribution is -2.30. The molecule has 146 valence electrons. The van der Waals surface area contributed by atoms with E-state index in [9.17, 15) is 14.4 Å². The van der Waals surface area contributed by atoms with E-state index in [-0.39, 0.29) is 30.9 Å². The largest absolute Gasteiger partial charge is 0.329 e. The normalized spacial score (nSPS) is 13.5. The molecule has 1 heterocycles. The van der Waals surface area contributed by atoms with Gasteiger partial charge in [-0.05, 0) is 48.2 Å². The first kappa shape index (κ1) is 19.6. The fraction of sp³-hybridized carbons (Fsp3) is 0.318. The molecule has 0 bridgehead atoms. The minimum atomic E-state index is -0.384. The maximum absolute atomic E-state index is 12.4. The van der Waals surface area contributed by atoms with Crippen molar-refractivity contribution in [1.29, 1.82) is 0 Å². The highest BCUT2D eigenvalue weighted by Crippen LogP contribution is 2.15. The Morgan fingerprint density at radius 1 is 1.00 bits per heavy atom. The summed E-state index contributed by atoms with van der Waals surface area (Å²) in [4.78, 5) is 36.8. The maximum atomic E-state index is 12.4. The number of hydrogen-bond acceptors (Lipinski definition) is 3. The van der Waals surface area contributed by atoms with Crippen LogP contribution in [0.1, 0.15) is 47.7 Å². The van der Waals surface area contributed by atoms with Crippen LogP contribution in [0.5, 0.6) is 0 Å². The van der Waals surface area contributed by atoms with Crippen molar-refractivity contribution in [3.8, 4) is 0 Å².